The molecule has 0 spiro atoms. The number of aryl methyl sites for hydroxylation is 1. The van der Waals surface area contributed by atoms with Crippen LogP contribution in [0.1, 0.15) is 34.5 Å². The highest BCUT2D eigenvalue weighted by molar-refractivity contribution is 5.97. The maximum absolute atomic E-state index is 13.5. The number of nitrogens with two attached hydrogens (primary N) is 2. The van der Waals surface area contributed by atoms with Gasteiger partial charge in [0.2, 0.25) is 0 Å². The average Bonchev–Trinajstić information content (AvgIpc) is 2.73. The molecule has 0 saturated carbocycles. The Morgan fingerprint density at radius 1 is 1.31 bits per heavy atom. The fraction of sp³-hybridized carbons (Fsp3) is 0.400. The van der Waals surface area contributed by atoms with Crippen molar-refractivity contribution in [2.24, 2.45) is 5.73 Å². The Morgan fingerprint density at radius 2 is 2.03 bits per heavy atom. The van der Waals surface area contributed by atoms with E-state index in [-0.39, 0.29) is 28.8 Å². The lowest BCUT2D eigenvalue weighted by atomic mass is 9.89. The van der Waals surface area contributed by atoms with Crippen LogP contribution >= 0.6 is 0 Å². The number of anilines is 1. The summed E-state index contributed by atoms with van der Waals surface area (Å²) in [5, 5.41) is 12.8. The fourth-order valence-electron chi connectivity index (χ4n) is 3.37. The molecule has 172 valence electrons. The van der Waals surface area contributed by atoms with Gasteiger partial charge in [0.05, 0.1) is 24.5 Å². The maximum Gasteiger partial charge on any atom is 0.430 e. The second-order valence-corrected chi connectivity index (χ2v) is 7.48. The SMILES string of the molecule is Cc1ccc(C(O)(C(N)=O)C(F)(F)F)cc1-c1cnc(N)c(C(=O)N[C@H]2CCCOC2)n1. The van der Waals surface area contributed by atoms with Gasteiger partial charge in [-0.25, -0.2) is 9.97 Å². The zero-order valence-corrected chi connectivity index (χ0v) is 17.1. The van der Waals surface area contributed by atoms with Gasteiger partial charge in [0, 0.05) is 17.7 Å². The summed E-state index contributed by atoms with van der Waals surface area (Å²) in [6.45, 7) is 2.52. The molecule has 12 heteroatoms. The molecule has 6 N–H and O–H groups in total. The molecule has 0 radical (unpaired) electrons. The lowest BCUT2D eigenvalue weighted by molar-refractivity contribution is -0.255. The number of aromatic nitrogens is 2. The third-order valence-electron chi connectivity index (χ3n) is 5.21. The van der Waals surface area contributed by atoms with E-state index in [0.717, 1.165) is 18.6 Å². The van der Waals surface area contributed by atoms with Gasteiger partial charge in [0.1, 0.15) is 0 Å². The van der Waals surface area contributed by atoms with E-state index in [1.807, 2.05) is 0 Å². The average molecular weight is 453 g/mol. The number of ether oxygens (including phenoxy) is 1. The first-order valence-electron chi connectivity index (χ1n) is 9.66. The maximum atomic E-state index is 13.5. The number of halogens is 3. The van der Waals surface area contributed by atoms with Gasteiger partial charge in [0.15, 0.2) is 11.5 Å². The van der Waals surface area contributed by atoms with E-state index in [1.165, 1.54) is 12.3 Å². The lowest BCUT2D eigenvalue weighted by Gasteiger charge is -2.28. The molecule has 1 aliphatic rings. The Kier molecular flexibility index (Phi) is 6.37. The van der Waals surface area contributed by atoms with Crippen LogP contribution in [0.2, 0.25) is 0 Å². The van der Waals surface area contributed by atoms with Crippen LogP contribution in [0.15, 0.2) is 24.4 Å². The fourth-order valence-corrected chi connectivity index (χ4v) is 3.37. The van der Waals surface area contributed by atoms with Crippen LogP contribution in [0.3, 0.4) is 0 Å². The molecule has 9 nitrogen and oxygen atoms in total. The minimum absolute atomic E-state index is 0.0255. The number of aliphatic hydroxyl groups is 1. The Balaban J connectivity index is 2.01. The van der Waals surface area contributed by atoms with Crippen molar-refractivity contribution in [3.8, 4) is 11.3 Å². The van der Waals surface area contributed by atoms with Crippen molar-refractivity contribution >= 4 is 17.6 Å². The number of rotatable bonds is 5. The summed E-state index contributed by atoms with van der Waals surface area (Å²) >= 11 is 0. The molecule has 2 heterocycles. The first-order chi connectivity index (χ1) is 14.9. The van der Waals surface area contributed by atoms with Crippen LogP contribution in [0.5, 0.6) is 0 Å². The zero-order valence-electron chi connectivity index (χ0n) is 17.1. The summed E-state index contributed by atoms with van der Waals surface area (Å²) in [5.74, 6) is -2.75. The number of nitrogen functional groups attached to an aromatic ring is 1. The summed E-state index contributed by atoms with van der Waals surface area (Å²) in [4.78, 5) is 32.3. The molecule has 0 aliphatic carbocycles. The van der Waals surface area contributed by atoms with Crippen LogP contribution in [0, 0.1) is 6.92 Å². The molecule has 1 aromatic carbocycles. The van der Waals surface area contributed by atoms with E-state index < -0.39 is 29.2 Å². The minimum atomic E-state index is -5.36. The van der Waals surface area contributed by atoms with Gasteiger partial charge in [-0.1, -0.05) is 12.1 Å². The summed E-state index contributed by atoms with van der Waals surface area (Å²) in [6.07, 6.45) is -2.69. The number of nitrogens with zero attached hydrogens (tertiary/aromatic N) is 2. The van der Waals surface area contributed by atoms with Crippen molar-refractivity contribution in [2.75, 3.05) is 18.9 Å². The van der Waals surface area contributed by atoms with Crippen molar-refractivity contribution in [1.29, 1.82) is 0 Å². The van der Waals surface area contributed by atoms with Crippen molar-refractivity contribution in [2.45, 2.75) is 37.6 Å². The molecule has 1 aliphatic heterocycles. The third kappa shape index (κ3) is 4.36. The number of hydrogen-bond donors (Lipinski definition) is 4. The standard InChI is InChI=1S/C20H22F3N5O4/c1-10-4-5-11(19(31,18(25)30)20(21,22)23)7-13(10)14-8-26-16(24)15(28-14)17(29)27-12-3-2-6-32-9-12/h4-5,7-8,12,31H,2-3,6,9H2,1H3,(H2,24,26)(H2,25,30)(H,27,29)/t12-,19?/m0/s1. The molecule has 0 bridgehead atoms. The smallest absolute Gasteiger partial charge is 0.382 e. The summed E-state index contributed by atoms with van der Waals surface area (Å²) in [5.41, 5.74) is 6.34. The highest BCUT2D eigenvalue weighted by Gasteiger charge is 2.60. The number of carbonyl (C=O) groups excluding carboxylic acids is 2. The van der Waals surface area contributed by atoms with Gasteiger partial charge < -0.3 is 26.6 Å². The van der Waals surface area contributed by atoms with E-state index in [9.17, 15) is 27.9 Å². The Labute approximate surface area is 181 Å². The van der Waals surface area contributed by atoms with E-state index in [4.69, 9.17) is 16.2 Å². The van der Waals surface area contributed by atoms with Crippen LogP contribution in [0.4, 0.5) is 19.0 Å². The van der Waals surface area contributed by atoms with Crippen molar-refractivity contribution < 1.29 is 32.6 Å². The third-order valence-corrected chi connectivity index (χ3v) is 5.21. The van der Waals surface area contributed by atoms with Crippen molar-refractivity contribution in [3.05, 3.63) is 41.2 Å². The van der Waals surface area contributed by atoms with E-state index in [0.29, 0.717) is 25.2 Å². The molecule has 2 amide bonds. The summed E-state index contributed by atoms with van der Waals surface area (Å²) in [7, 11) is 0. The second kappa shape index (κ2) is 8.71. The minimum Gasteiger partial charge on any atom is -0.382 e. The van der Waals surface area contributed by atoms with Crippen LogP contribution in [0.25, 0.3) is 11.3 Å². The molecule has 1 saturated heterocycles. The number of primary amides is 1. The Hall–Kier alpha value is -3.25. The summed E-state index contributed by atoms with van der Waals surface area (Å²) in [6, 6.07) is 2.91. The molecule has 1 fully saturated rings. The molecular formula is C20H22F3N5O4. The predicted octanol–water partition coefficient (Wildman–Crippen LogP) is 1.18. The van der Waals surface area contributed by atoms with Crippen LogP contribution < -0.4 is 16.8 Å². The highest BCUT2D eigenvalue weighted by atomic mass is 19.4. The second-order valence-electron chi connectivity index (χ2n) is 7.48. The van der Waals surface area contributed by atoms with Gasteiger partial charge in [-0.05, 0) is 31.4 Å². The largest absolute Gasteiger partial charge is 0.430 e. The van der Waals surface area contributed by atoms with E-state index >= 15 is 0 Å². The number of carbonyl (C=O) groups is 2. The molecule has 1 aromatic heterocycles. The number of benzene rings is 1. The number of alkyl halides is 3. The normalized spacial score (nSPS) is 18.6. The van der Waals surface area contributed by atoms with Crippen LogP contribution in [-0.2, 0) is 15.1 Å². The van der Waals surface area contributed by atoms with Gasteiger partial charge in [-0.15, -0.1) is 0 Å². The monoisotopic (exact) mass is 453 g/mol. The lowest BCUT2D eigenvalue weighted by Crippen LogP contribution is -2.52. The highest BCUT2D eigenvalue weighted by Crippen LogP contribution is 2.40. The van der Waals surface area contributed by atoms with Crippen molar-refractivity contribution in [3.63, 3.8) is 0 Å². The Morgan fingerprint density at radius 3 is 2.62 bits per heavy atom. The Bertz CT molecular complexity index is 1040. The van der Waals surface area contributed by atoms with E-state index in [1.54, 1.807) is 6.92 Å². The summed E-state index contributed by atoms with van der Waals surface area (Å²) < 4.78 is 45.7. The topological polar surface area (TPSA) is 153 Å². The first-order valence-corrected chi connectivity index (χ1v) is 9.66. The molecule has 32 heavy (non-hydrogen) atoms. The van der Waals surface area contributed by atoms with E-state index in [2.05, 4.69) is 15.3 Å². The van der Waals surface area contributed by atoms with Gasteiger partial charge >= 0.3 is 6.18 Å². The molecule has 2 atom stereocenters. The van der Waals surface area contributed by atoms with Crippen molar-refractivity contribution in [1.82, 2.24) is 15.3 Å². The quantitative estimate of drug-likeness (QED) is 0.530. The first kappa shape index (κ1) is 23.4. The van der Waals surface area contributed by atoms with Gasteiger partial charge in [-0.2, -0.15) is 13.2 Å². The molecule has 1 unspecified atom stereocenters. The van der Waals surface area contributed by atoms with Crippen LogP contribution in [-0.4, -0.2) is 52.3 Å². The number of nitrogens with one attached hydrogen (secondary N) is 1. The molecular weight excluding hydrogens is 431 g/mol. The van der Waals surface area contributed by atoms with Gasteiger partial charge in [0.25, 0.3) is 17.4 Å². The number of hydrogen-bond acceptors (Lipinski definition) is 7. The molecule has 3 rings (SSSR count). The molecule has 2 aromatic rings. The van der Waals surface area contributed by atoms with Gasteiger partial charge in [-0.3, -0.25) is 9.59 Å². The predicted molar refractivity (Wildman–Crippen MR) is 107 cm³/mol. The zero-order chi connectivity index (χ0) is 23.7. The number of amides is 2.